The smallest absolute Gasteiger partial charge is 0.251 e. The van der Waals surface area contributed by atoms with Gasteiger partial charge in [0.1, 0.15) is 17.9 Å². The Kier molecular flexibility index (Phi) is 17.7. The van der Waals surface area contributed by atoms with E-state index in [1.807, 2.05) is 12.1 Å². The number of hydrogen-bond acceptors (Lipinski definition) is 14. The molecular formula is C41H52N4O12. The highest BCUT2D eigenvalue weighted by Gasteiger charge is 2.31. The maximum Gasteiger partial charge on any atom is 0.251 e. The van der Waals surface area contributed by atoms with Crippen molar-refractivity contribution in [1.29, 1.82) is 0 Å². The van der Waals surface area contributed by atoms with Crippen molar-refractivity contribution in [3.8, 4) is 17.2 Å². The number of ether oxygens (including phenoxy) is 8. The summed E-state index contributed by atoms with van der Waals surface area (Å²) in [7, 11) is 2.93. The third-order valence-corrected chi connectivity index (χ3v) is 9.10. The molecule has 0 bridgehead atoms. The van der Waals surface area contributed by atoms with E-state index in [4.69, 9.17) is 43.0 Å². The van der Waals surface area contributed by atoms with Gasteiger partial charge >= 0.3 is 0 Å². The fourth-order valence-corrected chi connectivity index (χ4v) is 6.16. The molecule has 2 aliphatic rings. The van der Waals surface area contributed by atoms with Crippen LogP contribution in [0, 0.1) is 0 Å². The number of amides is 2. The van der Waals surface area contributed by atoms with Crippen molar-refractivity contribution in [2.45, 2.75) is 18.6 Å². The quantitative estimate of drug-likeness (QED) is 0.0681. The number of hydrogen-bond donors (Lipinski definition) is 4. The molecule has 4 N–H and O–H groups in total. The second-order valence-corrected chi connectivity index (χ2v) is 12.9. The van der Waals surface area contributed by atoms with E-state index in [0.29, 0.717) is 102 Å². The number of carbonyl (C=O) groups excluding carboxylic acids is 3. The van der Waals surface area contributed by atoms with Crippen molar-refractivity contribution in [1.82, 2.24) is 16.0 Å². The predicted molar refractivity (Wildman–Crippen MR) is 209 cm³/mol. The van der Waals surface area contributed by atoms with E-state index < -0.39 is 0 Å². The molecule has 2 heterocycles. The van der Waals surface area contributed by atoms with Crippen LogP contribution in [-0.2, 0) is 30.2 Å². The van der Waals surface area contributed by atoms with E-state index in [1.54, 1.807) is 48.7 Å². The fourth-order valence-electron chi connectivity index (χ4n) is 6.16. The standard InChI is InChI=1S/C41H52N4O12/c1-50-36-10-9-35(57-22-21-56-20-19-55-18-17-54-16-15-53-14-13-52-12-11-46)37(39(36)51-2)38(47)28-3-5-29(6-4-28)40(48)44-33-26-43-27-34(33)45-41(49)30-7-8-31-24-42-25-32(31)23-30/h3-10,23-24,33-34,43,46H,11-22,25-27H2,1-2H3,(H,44,48)(H,45,49)/t33-,34+/m1/s1. The number of benzene rings is 3. The molecule has 3 aromatic carbocycles. The average Bonchev–Trinajstić information content (AvgIpc) is 3.90. The number of methoxy groups -OCH3 is 2. The minimum Gasteiger partial charge on any atom is -0.493 e. The molecule has 1 fully saturated rings. The molecule has 16 heteroatoms. The summed E-state index contributed by atoms with van der Waals surface area (Å²) in [5.74, 6) is -0.0820. The molecular weight excluding hydrogens is 740 g/mol. The van der Waals surface area contributed by atoms with Crippen LogP contribution >= 0.6 is 0 Å². The molecule has 3 aromatic rings. The molecule has 1 saturated heterocycles. The summed E-state index contributed by atoms with van der Waals surface area (Å²) in [4.78, 5) is 44.5. The van der Waals surface area contributed by atoms with Crippen molar-refractivity contribution in [3.05, 3.63) is 88.0 Å². The molecule has 16 nitrogen and oxygen atoms in total. The van der Waals surface area contributed by atoms with Crippen molar-refractivity contribution >= 4 is 23.8 Å². The van der Waals surface area contributed by atoms with Crippen LogP contribution in [0.3, 0.4) is 0 Å². The number of nitrogens with one attached hydrogen (secondary N) is 3. The number of aliphatic hydroxyl groups is 1. The Morgan fingerprint density at radius 3 is 1.77 bits per heavy atom. The van der Waals surface area contributed by atoms with Gasteiger partial charge in [0.25, 0.3) is 11.8 Å². The van der Waals surface area contributed by atoms with Crippen LogP contribution in [0.1, 0.15) is 47.8 Å². The van der Waals surface area contributed by atoms with Crippen LogP contribution in [0.25, 0.3) is 0 Å². The predicted octanol–water partition coefficient (Wildman–Crippen LogP) is 1.82. The molecule has 57 heavy (non-hydrogen) atoms. The highest BCUT2D eigenvalue weighted by atomic mass is 16.6. The van der Waals surface area contributed by atoms with Crippen LogP contribution in [-0.4, -0.2) is 148 Å². The van der Waals surface area contributed by atoms with E-state index in [1.165, 1.54) is 14.2 Å². The summed E-state index contributed by atoms with van der Waals surface area (Å²) >= 11 is 0. The van der Waals surface area contributed by atoms with Gasteiger partial charge in [-0.15, -0.1) is 0 Å². The van der Waals surface area contributed by atoms with Gasteiger partial charge in [0, 0.05) is 36.0 Å². The number of carbonyl (C=O) groups is 3. The molecule has 5 rings (SSSR count). The lowest BCUT2D eigenvalue weighted by molar-refractivity contribution is -0.0146. The largest absolute Gasteiger partial charge is 0.493 e. The molecule has 0 aromatic heterocycles. The summed E-state index contributed by atoms with van der Waals surface area (Å²) in [5.41, 5.74) is 3.40. The highest BCUT2D eigenvalue weighted by Crippen LogP contribution is 2.39. The van der Waals surface area contributed by atoms with E-state index >= 15 is 0 Å². The number of rotatable bonds is 26. The van der Waals surface area contributed by atoms with Gasteiger partial charge < -0.3 is 59.0 Å². The van der Waals surface area contributed by atoms with Crippen LogP contribution in [0.4, 0.5) is 0 Å². The van der Waals surface area contributed by atoms with E-state index in [0.717, 1.165) is 11.1 Å². The molecule has 0 spiro atoms. The van der Waals surface area contributed by atoms with Crippen molar-refractivity contribution in [2.24, 2.45) is 4.99 Å². The lowest BCUT2D eigenvalue weighted by Crippen LogP contribution is -2.51. The minimum absolute atomic E-state index is 0.00597. The van der Waals surface area contributed by atoms with Crippen LogP contribution < -0.4 is 30.2 Å². The summed E-state index contributed by atoms with van der Waals surface area (Å²) in [5, 5.41) is 17.9. The van der Waals surface area contributed by atoms with E-state index in [-0.39, 0.29) is 66.6 Å². The summed E-state index contributed by atoms with van der Waals surface area (Å²) in [6.45, 7) is 5.56. The Hall–Kier alpha value is -4.94. The molecule has 2 amide bonds. The Labute approximate surface area is 332 Å². The molecule has 2 atom stereocenters. The van der Waals surface area contributed by atoms with Gasteiger partial charge in [0.2, 0.25) is 5.78 Å². The van der Waals surface area contributed by atoms with Crippen LogP contribution in [0.2, 0.25) is 0 Å². The second kappa shape index (κ2) is 23.3. The monoisotopic (exact) mass is 792 g/mol. The van der Waals surface area contributed by atoms with Gasteiger partial charge in [0.05, 0.1) is 106 Å². The van der Waals surface area contributed by atoms with Gasteiger partial charge in [-0.1, -0.05) is 18.2 Å². The van der Waals surface area contributed by atoms with Crippen molar-refractivity contribution in [2.75, 3.05) is 107 Å². The second-order valence-electron chi connectivity index (χ2n) is 12.9. The Bertz CT molecular complexity index is 1790. The molecule has 0 radical (unpaired) electrons. The Morgan fingerprint density at radius 1 is 0.667 bits per heavy atom. The van der Waals surface area contributed by atoms with Gasteiger partial charge in [0.15, 0.2) is 11.5 Å². The normalized spacial score (nSPS) is 15.6. The first kappa shape index (κ1) is 43.2. The molecule has 0 aliphatic carbocycles. The maximum atomic E-state index is 13.9. The van der Waals surface area contributed by atoms with Gasteiger partial charge in [-0.3, -0.25) is 19.4 Å². The average molecular weight is 793 g/mol. The number of aliphatic hydroxyl groups excluding tert-OH is 1. The molecule has 308 valence electrons. The van der Waals surface area contributed by atoms with Crippen molar-refractivity contribution in [3.63, 3.8) is 0 Å². The molecule has 0 unspecified atom stereocenters. The summed E-state index contributed by atoms with van der Waals surface area (Å²) in [6.07, 6.45) is 1.80. The lowest BCUT2D eigenvalue weighted by atomic mass is 9.99. The number of aliphatic imine (C=N–C) groups is 1. The summed E-state index contributed by atoms with van der Waals surface area (Å²) in [6, 6.07) is 14.4. The van der Waals surface area contributed by atoms with Gasteiger partial charge in [-0.2, -0.15) is 0 Å². The zero-order chi connectivity index (χ0) is 40.2. The topological polar surface area (TPSA) is 194 Å². The minimum atomic E-state index is -0.385. The van der Waals surface area contributed by atoms with E-state index in [2.05, 4.69) is 20.9 Å². The fraction of sp³-hybridized carbons (Fsp3) is 0.463. The maximum absolute atomic E-state index is 13.9. The van der Waals surface area contributed by atoms with Gasteiger partial charge in [-0.25, -0.2) is 0 Å². The number of ketones is 1. The summed E-state index contributed by atoms with van der Waals surface area (Å²) < 4.78 is 44.1. The first-order valence-corrected chi connectivity index (χ1v) is 18.9. The Balaban J connectivity index is 1.06. The SMILES string of the molecule is COc1ccc(OCCOCCOCCOCCOCCOCCO)c(C(=O)c2ccc(C(=O)N[C@@H]3CNC[C@@H]3NC(=O)c3ccc4c(c3)CN=C4)cc2)c1OC. The first-order chi connectivity index (χ1) is 27.9. The zero-order valence-electron chi connectivity index (χ0n) is 32.4. The number of fused-ring (bicyclic) bond motifs is 1. The third kappa shape index (κ3) is 12.8. The highest BCUT2D eigenvalue weighted by molar-refractivity contribution is 6.13. The molecule has 0 saturated carbocycles. The van der Waals surface area contributed by atoms with Gasteiger partial charge in [-0.05, 0) is 47.5 Å². The molecule has 2 aliphatic heterocycles. The van der Waals surface area contributed by atoms with Crippen LogP contribution in [0.5, 0.6) is 17.2 Å². The Morgan fingerprint density at radius 2 is 1.19 bits per heavy atom. The third-order valence-electron chi connectivity index (χ3n) is 9.10. The van der Waals surface area contributed by atoms with Crippen LogP contribution in [0.15, 0.2) is 59.6 Å². The first-order valence-electron chi connectivity index (χ1n) is 18.9. The van der Waals surface area contributed by atoms with E-state index in [9.17, 15) is 14.4 Å². The number of nitrogens with zero attached hydrogens (tertiary/aromatic N) is 1. The van der Waals surface area contributed by atoms with Crippen molar-refractivity contribution < 1.29 is 57.4 Å². The zero-order valence-corrected chi connectivity index (χ0v) is 32.4. The lowest BCUT2D eigenvalue weighted by Gasteiger charge is -2.21.